The second kappa shape index (κ2) is 22.3. The number of allylic oxidation sites excluding steroid dienone is 1. The Balaban J connectivity index is 0.775. The average Bonchev–Trinajstić information content (AvgIpc) is 3.92. The highest BCUT2D eigenvalue weighted by atomic mass is 16.5. The molecule has 0 radical (unpaired) electrons. The van der Waals surface area contributed by atoms with Gasteiger partial charge < -0.3 is 23.8 Å². The normalized spacial score (nSPS) is 28.1. The summed E-state index contributed by atoms with van der Waals surface area (Å²) >= 11 is 0. The van der Waals surface area contributed by atoms with Crippen LogP contribution in [0.25, 0.3) is 0 Å². The minimum atomic E-state index is -1.04. The molecule has 69 heavy (non-hydrogen) atoms. The number of methoxy groups -OCH3 is 2. The highest BCUT2D eigenvalue weighted by Gasteiger charge is 2.59. The van der Waals surface area contributed by atoms with Crippen LogP contribution < -0.4 is 9.47 Å². The van der Waals surface area contributed by atoms with E-state index < -0.39 is 11.5 Å². The number of unbranched alkanes of at least 4 members (excludes halogenated alkanes) is 3. The molecule has 8 heteroatoms. The van der Waals surface area contributed by atoms with Crippen molar-refractivity contribution >= 4 is 17.7 Å². The Morgan fingerprint density at radius 3 is 2.04 bits per heavy atom. The Hall–Kier alpha value is -4.43. The zero-order chi connectivity index (χ0) is 48.8. The summed E-state index contributed by atoms with van der Waals surface area (Å²) in [6, 6.07) is 25.7. The number of rotatable bonds is 21. The number of likely N-dealkylation sites (tertiary alicyclic amines) is 1. The Kier molecular flexibility index (Phi) is 16.5. The molecule has 1 heterocycles. The number of carbonyl (C=O) groups is 3. The molecule has 1 saturated heterocycles. The third kappa shape index (κ3) is 10.9. The number of ketones is 1. The van der Waals surface area contributed by atoms with Crippen LogP contribution >= 0.6 is 0 Å². The SMILES string of the molecule is COc1ccc(C(OCC2CN(C(=O)CCCCCCC(=O)O[C@H]3CC[C@@]4(C)C(=CCC5C4CC[C@@]4(C)C5CC[C@@H]4C(C)CCCC(C)C)C3)CC2=O)(c2ccccc2)c2ccc(OC)cc2)cc1. The van der Waals surface area contributed by atoms with Gasteiger partial charge in [-0.2, -0.15) is 0 Å². The number of ether oxygens (including phenoxy) is 4. The van der Waals surface area contributed by atoms with Gasteiger partial charge in [0, 0.05) is 25.8 Å². The molecule has 4 fully saturated rings. The van der Waals surface area contributed by atoms with E-state index in [1.807, 2.05) is 78.9 Å². The van der Waals surface area contributed by atoms with Gasteiger partial charge in [0.1, 0.15) is 23.2 Å². The summed E-state index contributed by atoms with van der Waals surface area (Å²) in [5.41, 5.74) is 3.97. The molecule has 0 bridgehead atoms. The summed E-state index contributed by atoms with van der Waals surface area (Å²) in [5.74, 6) is 5.86. The molecule has 9 atom stereocenters. The fourth-order valence-corrected chi connectivity index (χ4v) is 14.4. The molecule has 4 aliphatic carbocycles. The first kappa shape index (κ1) is 50.9. The number of esters is 1. The second-order valence-electron chi connectivity index (χ2n) is 22.8. The van der Waals surface area contributed by atoms with E-state index in [1.54, 1.807) is 24.7 Å². The van der Waals surface area contributed by atoms with Gasteiger partial charge in [-0.25, -0.2) is 0 Å². The topological polar surface area (TPSA) is 91.4 Å². The van der Waals surface area contributed by atoms with Gasteiger partial charge in [0.05, 0.1) is 33.3 Å². The van der Waals surface area contributed by atoms with Crippen LogP contribution in [0.3, 0.4) is 0 Å². The lowest BCUT2D eigenvalue weighted by Gasteiger charge is -2.58. The number of hydrogen-bond acceptors (Lipinski definition) is 7. The van der Waals surface area contributed by atoms with Gasteiger partial charge in [0.25, 0.3) is 0 Å². The van der Waals surface area contributed by atoms with Crippen LogP contribution in [-0.2, 0) is 29.5 Å². The van der Waals surface area contributed by atoms with Gasteiger partial charge in [-0.15, -0.1) is 0 Å². The van der Waals surface area contributed by atoms with E-state index in [4.69, 9.17) is 18.9 Å². The van der Waals surface area contributed by atoms with Crippen LogP contribution in [-0.4, -0.2) is 62.6 Å². The third-order valence-electron chi connectivity index (χ3n) is 18.3. The van der Waals surface area contributed by atoms with Crippen LogP contribution in [0.4, 0.5) is 0 Å². The molecule has 3 aromatic carbocycles. The van der Waals surface area contributed by atoms with Gasteiger partial charge in [0.2, 0.25) is 5.91 Å². The minimum absolute atomic E-state index is 0.00525. The lowest BCUT2D eigenvalue weighted by Crippen LogP contribution is -2.51. The molecule has 3 saturated carbocycles. The summed E-state index contributed by atoms with van der Waals surface area (Å²) in [6.07, 6.45) is 20.5. The van der Waals surface area contributed by atoms with E-state index in [-0.39, 0.29) is 42.3 Å². The molecule has 1 aliphatic heterocycles. The van der Waals surface area contributed by atoms with Crippen molar-refractivity contribution in [3.63, 3.8) is 0 Å². The van der Waals surface area contributed by atoms with Crippen molar-refractivity contribution in [2.45, 2.75) is 155 Å². The largest absolute Gasteiger partial charge is 0.497 e. The number of amides is 1. The maximum absolute atomic E-state index is 13.5. The van der Waals surface area contributed by atoms with Gasteiger partial charge in [-0.05, 0) is 145 Å². The lowest BCUT2D eigenvalue weighted by atomic mass is 9.47. The maximum Gasteiger partial charge on any atom is 0.306 e. The summed E-state index contributed by atoms with van der Waals surface area (Å²) in [5, 5.41) is 0. The van der Waals surface area contributed by atoms with Crippen LogP contribution in [0.5, 0.6) is 11.5 Å². The van der Waals surface area contributed by atoms with Gasteiger partial charge >= 0.3 is 5.97 Å². The zero-order valence-electron chi connectivity index (χ0n) is 43.1. The van der Waals surface area contributed by atoms with E-state index >= 15 is 0 Å². The number of nitrogens with zero attached hydrogens (tertiary/aromatic N) is 1. The Morgan fingerprint density at radius 2 is 1.39 bits per heavy atom. The van der Waals surface area contributed by atoms with Crippen molar-refractivity contribution in [2.24, 2.45) is 52.3 Å². The van der Waals surface area contributed by atoms with E-state index in [2.05, 4.69) is 40.7 Å². The van der Waals surface area contributed by atoms with Gasteiger partial charge in [0.15, 0.2) is 5.78 Å². The third-order valence-corrected chi connectivity index (χ3v) is 18.3. The first-order chi connectivity index (χ1) is 33.3. The van der Waals surface area contributed by atoms with Crippen molar-refractivity contribution in [3.8, 4) is 11.5 Å². The molecular weight excluding hydrogens is 859 g/mol. The molecule has 3 aromatic rings. The summed E-state index contributed by atoms with van der Waals surface area (Å²) in [6.45, 7) is 13.1. The van der Waals surface area contributed by atoms with Crippen molar-refractivity contribution < 1.29 is 33.3 Å². The van der Waals surface area contributed by atoms with E-state index in [1.165, 1.54) is 51.4 Å². The minimum Gasteiger partial charge on any atom is -0.497 e. The average molecular weight is 942 g/mol. The van der Waals surface area contributed by atoms with Gasteiger partial charge in [-0.3, -0.25) is 14.4 Å². The summed E-state index contributed by atoms with van der Waals surface area (Å²) in [7, 11) is 3.29. The molecule has 0 aromatic heterocycles. The fraction of sp³-hybridized carbons (Fsp3) is 0.623. The molecular formula is C61H83NO7. The van der Waals surface area contributed by atoms with Crippen molar-refractivity contribution in [3.05, 3.63) is 107 Å². The molecule has 5 unspecified atom stereocenters. The van der Waals surface area contributed by atoms with E-state index in [9.17, 15) is 14.4 Å². The first-order valence-electron chi connectivity index (χ1n) is 27.0. The van der Waals surface area contributed by atoms with Gasteiger partial charge in [-0.1, -0.05) is 133 Å². The number of benzene rings is 3. The molecule has 0 spiro atoms. The zero-order valence-corrected chi connectivity index (χ0v) is 43.1. The Morgan fingerprint density at radius 1 is 0.739 bits per heavy atom. The number of hydrogen-bond donors (Lipinski definition) is 0. The lowest BCUT2D eigenvalue weighted by molar-refractivity contribution is -0.151. The molecule has 0 N–H and O–H groups in total. The van der Waals surface area contributed by atoms with Crippen molar-refractivity contribution in [2.75, 3.05) is 33.9 Å². The number of fused-ring (bicyclic) bond motifs is 5. The summed E-state index contributed by atoms with van der Waals surface area (Å²) < 4.78 is 24.2. The van der Waals surface area contributed by atoms with Crippen LogP contribution in [0.1, 0.15) is 160 Å². The standard InChI is InChI=1S/C61H83NO7/c1-42(2)16-15-17-43(3)53-32-33-54-52-31-26-48-38-51(34-36-59(48,4)55(52)35-37-60(53,54)5)69-58(65)21-14-9-8-13-20-57(64)62-39-44(56(63)40-62)41-68-61(45-18-11-10-12-19-45,46-22-27-49(66-6)28-23-46)47-24-29-50(67-7)30-25-47/h10-12,18-19,22-30,42-44,51-55H,8-9,13-17,20-21,31-41H2,1-7H3/t43?,44?,51-,52?,53+,54?,55?,59-,60+/m0/s1. The molecule has 5 aliphatic rings. The number of carbonyl (C=O) groups excluding carboxylic acids is 3. The predicted molar refractivity (Wildman–Crippen MR) is 274 cm³/mol. The monoisotopic (exact) mass is 942 g/mol. The van der Waals surface area contributed by atoms with Crippen LogP contribution in [0, 0.1) is 52.3 Å². The Bertz CT molecular complexity index is 2170. The maximum atomic E-state index is 13.5. The molecule has 1 amide bonds. The smallest absolute Gasteiger partial charge is 0.306 e. The highest BCUT2D eigenvalue weighted by Crippen LogP contribution is 2.67. The second-order valence-corrected chi connectivity index (χ2v) is 22.8. The van der Waals surface area contributed by atoms with Crippen LogP contribution in [0.15, 0.2) is 90.5 Å². The van der Waals surface area contributed by atoms with E-state index in [0.717, 1.165) is 109 Å². The number of Topliss-reactive ketones (excluding diaryl/α,β-unsaturated/α-hetero) is 1. The predicted octanol–water partition coefficient (Wildman–Crippen LogP) is 13.3. The quantitative estimate of drug-likeness (QED) is 0.0455. The fourth-order valence-electron chi connectivity index (χ4n) is 14.4. The van der Waals surface area contributed by atoms with Crippen molar-refractivity contribution in [1.82, 2.24) is 4.90 Å². The van der Waals surface area contributed by atoms with Crippen LogP contribution in [0.2, 0.25) is 0 Å². The first-order valence-corrected chi connectivity index (χ1v) is 27.0. The molecule has 8 rings (SSSR count). The Labute approximate surface area is 414 Å². The van der Waals surface area contributed by atoms with E-state index in [0.29, 0.717) is 24.8 Å². The molecule has 8 nitrogen and oxygen atoms in total. The molecule has 374 valence electrons. The summed E-state index contributed by atoms with van der Waals surface area (Å²) in [4.78, 5) is 41.8. The highest BCUT2D eigenvalue weighted by molar-refractivity contribution is 5.91. The van der Waals surface area contributed by atoms with Crippen molar-refractivity contribution in [1.29, 1.82) is 0 Å².